The number of nitrogens with one attached hydrogen (secondary N) is 4. The van der Waals surface area contributed by atoms with Gasteiger partial charge in [-0.25, -0.2) is 14.9 Å². The lowest BCUT2D eigenvalue weighted by Gasteiger charge is -2.28. The van der Waals surface area contributed by atoms with Gasteiger partial charge in [0.15, 0.2) is 6.61 Å². The number of fused-ring (bicyclic) bond motifs is 5. The quantitative estimate of drug-likeness (QED) is 0.0167. The summed E-state index contributed by atoms with van der Waals surface area (Å²) < 4.78 is 45.1. The standard InChI is InChI=1S/C59H78N8O12S/c1-9-13-41(31-53-58-45(37-80-53)62-59(71)63-58)79-61-21-12-10-11-20-60-54(68)36-77-48-33-47-52(32-44(48)57-42-17-15-39(64(3)4)29-49(42)78-50-30-40(65(5)6)16-18-43(50)57)76-27-26-75-51-28-38(2)14-19-46(51)66(34-55(69)72-7)22-24-74-25-23-67(47)35-56(70)73-8/h14-19,28-30,32-33,41,45,53,58,61H,9-13,20-27,31,34-37H2,1-8H3,(H2-,60,62,63,68,71)/p+1. The Morgan fingerprint density at radius 1 is 0.838 bits per heavy atom. The number of esters is 2. The number of hydroxylamine groups is 1. The highest BCUT2D eigenvalue weighted by molar-refractivity contribution is 8.00. The third-order valence-electron chi connectivity index (χ3n) is 14.5. The van der Waals surface area contributed by atoms with E-state index in [0.717, 1.165) is 77.4 Å². The number of benzene rings is 4. The number of aryl methyl sites for hydroxylation is 1. The van der Waals surface area contributed by atoms with Crippen LogP contribution in [-0.4, -0.2) is 168 Å². The number of hydrogen-bond acceptors (Lipinski definition) is 17. The second-order valence-electron chi connectivity index (χ2n) is 20.7. The maximum atomic E-state index is 13.8. The molecule has 0 radical (unpaired) electrons. The third kappa shape index (κ3) is 15.3. The lowest BCUT2D eigenvalue weighted by atomic mass is 9.92. The van der Waals surface area contributed by atoms with Gasteiger partial charge in [0.05, 0.1) is 63.1 Å². The number of carbonyl (C=O) groups is 4. The number of urea groups is 1. The van der Waals surface area contributed by atoms with Crippen LogP contribution in [0.4, 0.5) is 21.9 Å². The van der Waals surface area contributed by atoms with Gasteiger partial charge < -0.3 is 63.5 Å². The van der Waals surface area contributed by atoms with Gasteiger partial charge in [0.2, 0.25) is 5.36 Å². The van der Waals surface area contributed by atoms with Crippen LogP contribution in [0.25, 0.3) is 33.4 Å². The van der Waals surface area contributed by atoms with Crippen molar-refractivity contribution in [3.05, 3.63) is 77.7 Å². The molecule has 0 aromatic heterocycles. The molecule has 0 bridgehead atoms. The molecule has 5 aliphatic rings. The first-order valence-electron chi connectivity index (χ1n) is 27.6. The molecule has 20 nitrogen and oxygen atoms in total. The molecule has 8 rings (SSSR count). The fourth-order valence-corrected chi connectivity index (χ4v) is 11.8. The van der Waals surface area contributed by atoms with Crippen LogP contribution in [0.3, 0.4) is 0 Å². The smallest absolute Gasteiger partial charge is 0.325 e. The average molecular weight is 1120 g/mol. The van der Waals surface area contributed by atoms with E-state index in [4.69, 9.17) is 37.7 Å². The van der Waals surface area contributed by atoms with E-state index in [9.17, 15) is 19.2 Å². The largest absolute Gasteiger partial charge is 0.488 e. The van der Waals surface area contributed by atoms with Gasteiger partial charge >= 0.3 is 18.0 Å². The lowest BCUT2D eigenvalue weighted by Crippen LogP contribution is -2.39. The highest BCUT2D eigenvalue weighted by Gasteiger charge is 2.44. The number of rotatable bonds is 21. The molecule has 2 saturated heterocycles. The predicted octanol–water partition coefficient (Wildman–Crippen LogP) is 5.97. The highest BCUT2D eigenvalue weighted by atomic mass is 32.2. The van der Waals surface area contributed by atoms with Crippen LogP contribution in [0.2, 0.25) is 0 Å². The number of anilines is 3. The van der Waals surface area contributed by atoms with Crippen LogP contribution >= 0.6 is 11.8 Å². The first kappa shape index (κ1) is 59.2. The summed E-state index contributed by atoms with van der Waals surface area (Å²) in [7, 11) is 10.6. The number of thioether (sulfide) groups is 1. The first-order chi connectivity index (χ1) is 38.7. The minimum absolute atomic E-state index is 0.0276. The Hall–Kier alpha value is -6.94. The van der Waals surface area contributed by atoms with Gasteiger partial charge in [-0.1, -0.05) is 25.8 Å². The Morgan fingerprint density at radius 3 is 2.27 bits per heavy atom. The van der Waals surface area contributed by atoms with Crippen molar-refractivity contribution in [3.63, 3.8) is 0 Å². The molecule has 21 heteroatoms. The summed E-state index contributed by atoms with van der Waals surface area (Å²) in [4.78, 5) is 63.5. The van der Waals surface area contributed by atoms with E-state index in [0.29, 0.717) is 70.4 Å². The molecule has 4 aliphatic heterocycles. The van der Waals surface area contributed by atoms with Gasteiger partial charge in [-0.15, -0.1) is 0 Å². The Bertz CT molecular complexity index is 2990. The van der Waals surface area contributed by atoms with Gasteiger partial charge in [-0.3, -0.25) is 19.2 Å². The van der Waals surface area contributed by atoms with E-state index < -0.39 is 11.9 Å². The van der Waals surface area contributed by atoms with Crippen LogP contribution in [0.5, 0.6) is 17.2 Å². The molecular formula is C59H79N8O12S+. The molecule has 1 aliphatic carbocycles. The molecule has 4 unspecified atom stereocenters. The molecule has 3 amide bonds. The van der Waals surface area contributed by atoms with E-state index in [-0.39, 0.29) is 82.8 Å². The van der Waals surface area contributed by atoms with Crippen molar-refractivity contribution in [2.24, 2.45) is 0 Å². The summed E-state index contributed by atoms with van der Waals surface area (Å²) in [5, 5.41) is 11.2. The molecule has 0 spiro atoms. The molecule has 4 atom stereocenters. The second-order valence-corrected chi connectivity index (χ2v) is 22.0. The van der Waals surface area contributed by atoms with E-state index >= 15 is 0 Å². The SMILES string of the molecule is CCCC(CC1SCC2NC(=O)NC21)ONCCCCCNC(=O)COc1cc2c(cc1-c1c3ccc(=[N+](C)C)cc-3oc3cc(N(C)C)ccc13)OCCOc1cc(C)ccc1N(CC(=O)OC)CCOCCN2CC(=O)OC. The molecule has 0 saturated carbocycles. The molecule has 2 fully saturated rings. The maximum absolute atomic E-state index is 13.8. The first-order valence-corrected chi connectivity index (χ1v) is 28.7. The van der Waals surface area contributed by atoms with E-state index in [1.807, 2.05) is 133 Å². The fraction of sp³-hybridized carbons (Fsp3) is 0.508. The molecule has 432 valence electrons. The van der Waals surface area contributed by atoms with E-state index in [1.54, 1.807) is 0 Å². The van der Waals surface area contributed by atoms with Crippen molar-refractivity contribution in [3.8, 4) is 39.7 Å². The summed E-state index contributed by atoms with van der Waals surface area (Å²) in [6.45, 7) is 5.92. The third-order valence-corrected chi connectivity index (χ3v) is 15.9. The normalized spacial score (nSPS) is 17.8. The number of hydrogen-bond donors (Lipinski definition) is 4. The average Bonchev–Trinajstić information content (AvgIpc) is 4.15. The molecule has 4 heterocycles. The summed E-state index contributed by atoms with van der Waals surface area (Å²) in [6, 6.07) is 21.8. The number of amides is 3. The van der Waals surface area contributed by atoms with Crippen LogP contribution in [-0.2, 0) is 33.4 Å². The highest BCUT2D eigenvalue weighted by Crippen LogP contribution is 2.48. The van der Waals surface area contributed by atoms with Crippen molar-refractivity contribution in [2.75, 3.05) is 135 Å². The predicted molar refractivity (Wildman–Crippen MR) is 311 cm³/mol. The van der Waals surface area contributed by atoms with E-state index in [2.05, 4.69) is 28.4 Å². The molecule has 80 heavy (non-hydrogen) atoms. The molecule has 3 aromatic carbocycles. The fourth-order valence-electron chi connectivity index (χ4n) is 10.2. The van der Waals surface area contributed by atoms with E-state index in [1.165, 1.54) is 14.2 Å². The van der Waals surface area contributed by atoms with Crippen LogP contribution in [0.15, 0.2) is 71.1 Å². The number of ether oxygens (including phenoxy) is 6. The van der Waals surface area contributed by atoms with Gasteiger partial charge in [0.1, 0.15) is 69.0 Å². The Morgan fingerprint density at radius 2 is 1.56 bits per heavy atom. The minimum atomic E-state index is -0.493. The van der Waals surface area contributed by atoms with Gasteiger partial charge in [0, 0.05) is 97.2 Å². The van der Waals surface area contributed by atoms with Crippen LogP contribution in [0.1, 0.15) is 51.0 Å². The minimum Gasteiger partial charge on any atom is -0.488 e. The van der Waals surface area contributed by atoms with Crippen molar-refractivity contribution in [2.45, 2.75) is 75.8 Å². The van der Waals surface area contributed by atoms with Gasteiger partial charge in [-0.05, 0) is 74.6 Å². The van der Waals surface area contributed by atoms with Crippen molar-refractivity contribution < 1.29 is 56.9 Å². The molecular weight excluding hydrogens is 1040 g/mol. The van der Waals surface area contributed by atoms with Crippen molar-refractivity contribution in [1.82, 2.24) is 26.0 Å². The zero-order chi connectivity index (χ0) is 56.7. The number of carbonyl (C=O) groups excluding carboxylic acids is 4. The van der Waals surface area contributed by atoms with Gasteiger partial charge in [0.25, 0.3) is 5.91 Å². The Labute approximate surface area is 473 Å². The molecule has 3 aromatic rings. The zero-order valence-corrected chi connectivity index (χ0v) is 48.3. The topological polar surface area (TPSA) is 207 Å². The number of methoxy groups -OCH3 is 2. The summed E-state index contributed by atoms with van der Waals surface area (Å²) in [6.07, 6.45) is 5.29. The zero-order valence-electron chi connectivity index (χ0n) is 47.5. The number of unbranched alkanes of at least 4 members (excludes halogenated alkanes) is 2. The Balaban J connectivity index is 1.06. The van der Waals surface area contributed by atoms with Gasteiger partial charge in [-0.2, -0.15) is 11.8 Å². The summed E-state index contributed by atoms with van der Waals surface area (Å²) in [5.74, 6) is 1.67. The summed E-state index contributed by atoms with van der Waals surface area (Å²) >= 11 is 1.89. The maximum Gasteiger partial charge on any atom is 0.325 e. The van der Waals surface area contributed by atoms with Crippen LogP contribution < -0.4 is 60.3 Å². The Kier molecular flexibility index (Phi) is 21.1. The van der Waals surface area contributed by atoms with Crippen molar-refractivity contribution >= 4 is 63.7 Å². The summed E-state index contributed by atoms with van der Waals surface area (Å²) in [5.41, 5.74) is 9.13. The molecule has 4 N–H and O–H groups in total. The number of nitrogens with zero attached hydrogens (tertiary/aromatic N) is 4. The second kappa shape index (κ2) is 28.5. The van der Waals surface area contributed by atoms with Crippen LogP contribution in [0, 0.1) is 6.92 Å². The lowest BCUT2D eigenvalue weighted by molar-refractivity contribution is -0.139. The monoisotopic (exact) mass is 1120 g/mol. The van der Waals surface area contributed by atoms with Crippen molar-refractivity contribution in [1.29, 1.82) is 0 Å².